The van der Waals surface area contributed by atoms with Crippen LogP contribution < -0.4 is 10.9 Å². The summed E-state index contributed by atoms with van der Waals surface area (Å²) in [6, 6.07) is 14.3. The minimum Gasteiger partial charge on any atom is -0.348 e. The fourth-order valence-corrected chi connectivity index (χ4v) is 3.92. The number of pyridine rings is 1. The van der Waals surface area contributed by atoms with Crippen molar-refractivity contribution in [1.29, 1.82) is 0 Å². The first-order valence-corrected chi connectivity index (χ1v) is 11.5. The van der Waals surface area contributed by atoms with Gasteiger partial charge in [-0.1, -0.05) is 18.2 Å². The average molecular weight is 524 g/mol. The fourth-order valence-electron chi connectivity index (χ4n) is 3.92. The van der Waals surface area contributed by atoms with Gasteiger partial charge in [0.1, 0.15) is 5.56 Å². The molecule has 4 aromatic rings. The third kappa shape index (κ3) is 5.36. The molecule has 2 amide bonds. The van der Waals surface area contributed by atoms with E-state index in [1.807, 2.05) is 12.1 Å². The van der Waals surface area contributed by atoms with Gasteiger partial charge in [0.25, 0.3) is 17.4 Å². The van der Waals surface area contributed by atoms with Crippen LogP contribution in [-0.2, 0) is 12.7 Å². The summed E-state index contributed by atoms with van der Waals surface area (Å²) in [5.41, 5.74) is -0.604. The monoisotopic (exact) mass is 523 g/mol. The van der Waals surface area contributed by atoms with Gasteiger partial charge in [0, 0.05) is 44.4 Å². The van der Waals surface area contributed by atoms with E-state index in [1.165, 1.54) is 38.1 Å². The van der Waals surface area contributed by atoms with Gasteiger partial charge in [-0.25, -0.2) is 4.68 Å². The second-order valence-corrected chi connectivity index (χ2v) is 8.75. The molecule has 0 spiro atoms. The summed E-state index contributed by atoms with van der Waals surface area (Å²) >= 11 is 0. The Hall–Kier alpha value is -4.67. The Morgan fingerprint density at radius 2 is 1.68 bits per heavy atom. The molecule has 196 valence electrons. The van der Waals surface area contributed by atoms with E-state index in [9.17, 15) is 27.6 Å². The largest absolute Gasteiger partial charge is 0.416 e. The Morgan fingerprint density at radius 3 is 2.29 bits per heavy atom. The maximum atomic E-state index is 13.4. The molecule has 0 fully saturated rings. The van der Waals surface area contributed by atoms with Crippen molar-refractivity contribution in [3.05, 3.63) is 111 Å². The molecule has 0 bridgehead atoms. The third-order valence-electron chi connectivity index (χ3n) is 5.92. The standard InChI is InChI=1S/C27H24F3N5O3/c1-17-22(25(37)33(2)3)15-23(26(38)35(17)21-7-4-6-19(14-21)27(28,29)30)24(36)31-16-18-8-10-20(11-9-18)34-13-5-12-32-34/h4-15H,16H2,1-3H3,(H,31,36). The van der Waals surface area contributed by atoms with Crippen molar-refractivity contribution in [3.63, 3.8) is 0 Å². The fraction of sp³-hybridized carbons (Fsp3) is 0.185. The molecule has 0 aliphatic heterocycles. The average Bonchev–Trinajstić information content (AvgIpc) is 3.42. The van der Waals surface area contributed by atoms with Crippen molar-refractivity contribution < 1.29 is 22.8 Å². The molecular formula is C27H24F3N5O3. The second-order valence-electron chi connectivity index (χ2n) is 8.75. The Bertz CT molecular complexity index is 1540. The highest BCUT2D eigenvalue weighted by atomic mass is 19.4. The highest BCUT2D eigenvalue weighted by Gasteiger charge is 2.31. The molecule has 2 aromatic heterocycles. The van der Waals surface area contributed by atoms with Crippen LogP contribution in [0, 0.1) is 6.92 Å². The van der Waals surface area contributed by atoms with Crippen LogP contribution in [0.3, 0.4) is 0 Å². The van der Waals surface area contributed by atoms with Crippen LogP contribution in [0.15, 0.2) is 77.9 Å². The van der Waals surface area contributed by atoms with E-state index in [4.69, 9.17) is 0 Å². The first kappa shape index (κ1) is 26.4. The van der Waals surface area contributed by atoms with Gasteiger partial charge < -0.3 is 10.2 Å². The van der Waals surface area contributed by atoms with Crippen LogP contribution in [0.2, 0.25) is 0 Å². The van der Waals surface area contributed by atoms with E-state index in [-0.39, 0.29) is 29.1 Å². The molecule has 0 radical (unpaired) electrons. The number of benzene rings is 2. The lowest BCUT2D eigenvalue weighted by Gasteiger charge is -2.19. The molecule has 2 aromatic carbocycles. The number of halogens is 3. The number of hydrogen-bond acceptors (Lipinski definition) is 4. The highest BCUT2D eigenvalue weighted by molar-refractivity contribution is 6.00. The predicted molar refractivity (Wildman–Crippen MR) is 135 cm³/mol. The molecule has 8 nitrogen and oxygen atoms in total. The first-order chi connectivity index (χ1) is 18.0. The number of nitrogens with zero attached hydrogens (tertiary/aromatic N) is 4. The molecule has 38 heavy (non-hydrogen) atoms. The number of hydrogen-bond donors (Lipinski definition) is 1. The number of rotatable bonds is 6. The zero-order chi connectivity index (χ0) is 27.6. The van der Waals surface area contributed by atoms with Crippen LogP contribution in [0.1, 0.15) is 37.5 Å². The van der Waals surface area contributed by atoms with Crippen LogP contribution in [0.4, 0.5) is 13.2 Å². The second kappa shape index (κ2) is 10.4. The summed E-state index contributed by atoms with van der Waals surface area (Å²) in [6.45, 7) is 1.52. The summed E-state index contributed by atoms with van der Waals surface area (Å²) in [4.78, 5) is 40.6. The van der Waals surface area contributed by atoms with Crippen molar-refractivity contribution in [2.75, 3.05) is 14.1 Å². The number of carbonyl (C=O) groups is 2. The Labute approximate surface area is 215 Å². The summed E-state index contributed by atoms with van der Waals surface area (Å²) < 4.78 is 42.7. The van der Waals surface area contributed by atoms with Crippen LogP contribution in [-0.4, -0.2) is 45.2 Å². The maximum absolute atomic E-state index is 13.4. The van der Waals surface area contributed by atoms with Gasteiger partial charge in [0.15, 0.2) is 0 Å². The van der Waals surface area contributed by atoms with E-state index in [2.05, 4.69) is 10.4 Å². The Kier molecular flexibility index (Phi) is 7.20. The topological polar surface area (TPSA) is 89.2 Å². The Morgan fingerprint density at radius 1 is 0.974 bits per heavy atom. The maximum Gasteiger partial charge on any atom is 0.416 e. The molecule has 0 saturated heterocycles. The van der Waals surface area contributed by atoms with E-state index in [0.717, 1.165) is 34.0 Å². The molecule has 4 rings (SSSR count). The molecule has 2 heterocycles. The van der Waals surface area contributed by atoms with E-state index in [0.29, 0.717) is 0 Å². The SMILES string of the molecule is Cc1c(C(=O)N(C)C)cc(C(=O)NCc2ccc(-n3cccn3)cc2)c(=O)n1-c1cccc(C(F)(F)F)c1. The molecule has 0 aliphatic rings. The van der Waals surface area contributed by atoms with Gasteiger partial charge in [-0.2, -0.15) is 18.3 Å². The molecule has 0 saturated carbocycles. The molecule has 1 N–H and O–H groups in total. The van der Waals surface area contributed by atoms with Gasteiger partial charge in [-0.05, 0) is 55.0 Å². The minimum absolute atomic E-state index is 0.0146. The van der Waals surface area contributed by atoms with Gasteiger partial charge in [0.2, 0.25) is 0 Å². The minimum atomic E-state index is -4.64. The Balaban J connectivity index is 1.70. The number of alkyl halides is 3. The van der Waals surface area contributed by atoms with Crippen molar-refractivity contribution in [2.45, 2.75) is 19.6 Å². The van der Waals surface area contributed by atoms with Gasteiger partial charge >= 0.3 is 6.18 Å². The number of carbonyl (C=O) groups excluding carboxylic acids is 2. The summed E-state index contributed by atoms with van der Waals surface area (Å²) in [6.07, 6.45) is -1.20. The molecule has 11 heteroatoms. The van der Waals surface area contributed by atoms with E-state index >= 15 is 0 Å². The number of nitrogens with one attached hydrogen (secondary N) is 1. The lowest BCUT2D eigenvalue weighted by atomic mass is 10.1. The van der Waals surface area contributed by atoms with Crippen molar-refractivity contribution in [2.24, 2.45) is 0 Å². The smallest absolute Gasteiger partial charge is 0.348 e. The zero-order valence-corrected chi connectivity index (χ0v) is 20.8. The van der Waals surface area contributed by atoms with Crippen LogP contribution in [0.5, 0.6) is 0 Å². The zero-order valence-electron chi connectivity index (χ0n) is 20.8. The van der Waals surface area contributed by atoms with Gasteiger partial charge in [-0.15, -0.1) is 0 Å². The summed E-state index contributed by atoms with van der Waals surface area (Å²) in [5, 5.41) is 6.81. The van der Waals surface area contributed by atoms with Crippen molar-refractivity contribution in [3.8, 4) is 11.4 Å². The van der Waals surface area contributed by atoms with E-state index < -0.39 is 29.1 Å². The van der Waals surface area contributed by atoms with Gasteiger partial charge in [0.05, 0.1) is 16.8 Å². The molecule has 0 atom stereocenters. The van der Waals surface area contributed by atoms with Crippen molar-refractivity contribution >= 4 is 11.8 Å². The van der Waals surface area contributed by atoms with Gasteiger partial charge in [-0.3, -0.25) is 19.0 Å². The quantitative estimate of drug-likeness (QED) is 0.414. The van der Waals surface area contributed by atoms with E-state index in [1.54, 1.807) is 35.3 Å². The first-order valence-electron chi connectivity index (χ1n) is 11.5. The molecule has 0 unspecified atom stereocenters. The summed E-state index contributed by atoms with van der Waals surface area (Å²) in [5.74, 6) is -1.27. The van der Waals surface area contributed by atoms with Crippen LogP contribution >= 0.6 is 0 Å². The third-order valence-corrected chi connectivity index (χ3v) is 5.92. The number of aromatic nitrogens is 3. The highest BCUT2D eigenvalue weighted by Crippen LogP contribution is 2.30. The lowest BCUT2D eigenvalue weighted by molar-refractivity contribution is -0.137. The summed E-state index contributed by atoms with van der Waals surface area (Å²) in [7, 11) is 2.99. The lowest BCUT2D eigenvalue weighted by Crippen LogP contribution is -2.35. The molecule has 0 aliphatic carbocycles. The molecular weight excluding hydrogens is 499 g/mol. The van der Waals surface area contributed by atoms with Crippen LogP contribution in [0.25, 0.3) is 11.4 Å². The van der Waals surface area contributed by atoms with Crippen molar-refractivity contribution in [1.82, 2.24) is 24.6 Å². The normalized spacial score (nSPS) is 11.3. The predicted octanol–water partition coefficient (Wildman–Crippen LogP) is 3.98. The number of amides is 2.